The van der Waals surface area contributed by atoms with E-state index in [1.54, 1.807) is 14.2 Å². The molecule has 2 N–H and O–H groups in total. The van der Waals surface area contributed by atoms with E-state index in [0.29, 0.717) is 5.92 Å². The summed E-state index contributed by atoms with van der Waals surface area (Å²) >= 11 is 0. The Bertz CT molecular complexity index is 461. The van der Waals surface area contributed by atoms with Gasteiger partial charge in [-0.25, -0.2) is 0 Å². The molecule has 1 fully saturated rings. The van der Waals surface area contributed by atoms with Crippen molar-refractivity contribution in [2.45, 2.75) is 6.42 Å². The third kappa shape index (κ3) is 3.56. The lowest BCUT2D eigenvalue weighted by molar-refractivity contribution is 0.415. The normalized spacial score (nSPS) is 19.1. The van der Waals surface area contributed by atoms with Crippen molar-refractivity contribution in [2.75, 3.05) is 45.7 Å². The Hall–Kier alpha value is -1.91. The van der Waals surface area contributed by atoms with Crippen molar-refractivity contribution in [3.63, 3.8) is 0 Å². The molecule has 110 valence electrons. The van der Waals surface area contributed by atoms with Crippen LogP contribution in [-0.2, 0) is 0 Å². The van der Waals surface area contributed by atoms with Gasteiger partial charge in [0.15, 0.2) is 5.96 Å². The van der Waals surface area contributed by atoms with Crippen LogP contribution in [0.4, 0.5) is 5.69 Å². The first kappa shape index (κ1) is 14.5. The first-order chi connectivity index (χ1) is 9.76. The van der Waals surface area contributed by atoms with Gasteiger partial charge in [0.2, 0.25) is 0 Å². The topological polar surface area (TPSA) is 48.9 Å². The third-order valence-electron chi connectivity index (χ3n) is 3.72. The molecule has 0 aromatic heterocycles. The maximum Gasteiger partial charge on any atom is 0.190 e. The van der Waals surface area contributed by atoms with E-state index >= 15 is 0 Å². The summed E-state index contributed by atoms with van der Waals surface area (Å²) in [6.45, 7) is 3.12. The van der Waals surface area contributed by atoms with Gasteiger partial charge in [-0.05, 0) is 24.5 Å². The molecule has 0 saturated carbocycles. The molecule has 0 bridgehead atoms. The fourth-order valence-corrected chi connectivity index (χ4v) is 2.56. The second kappa shape index (κ2) is 7.03. The molecule has 5 nitrogen and oxygen atoms in total. The fourth-order valence-electron chi connectivity index (χ4n) is 2.56. The van der Waals surface area contributed by atoms with Crippen LogP contribution in [0, 0.1) is 5.92 Å². The Morgan fingerprint density at radius 1 is 1.50 bits per heavy atom. The zero-order chi connectivity index (χ0) is 14.4. The molecule has 1 saturated heterocycles. The predicted molar refractivity (Wildman–Crippen MR) is 83.7 cm³/mol. The highest BCUT2D eigenvalue weighted by Crippen LogP contribution is 2.26. The van der Waals surface area contributed by atoms with E-state index in [1.165, 1.54) is 12.1 Å². The highest BCUT2D eigenvalue weighted by Gasteiger charge is 2.22. The predicted octanol–water partition coefficient (Wildman–Crippen LogP) is 1.32. The molecule has 1 aliphatic heterocycles. The Morgan fingerprint density at radius 3 is 3.05 bits per heavy atom. The maximum atomic E-state index is 5.29. The lowest BCUT2D eigenvalue weighted by atomic mass is 10.1. The fraction of sp³-hybridized carbons (Fsp3) is 0.533. The molecule has 1 atom stereocenters. The molecule has 0 amide bonds. The second-order valence-electron chi connectivity index (χ2n) is 5.01. The molecule has 1 aromatic rings. The number of anilines is 1. The summed E-state index contributed by atoms with van der Waals surface area (Å²) in [4.78, 5) is 6.55. The van der Waals surface area contributed by atoms with Crippen LogP contribution in [0.2, 0.25) is 0 Å². The van der Waals surface area contributed by atoms with Crippen LogP contribution in [0.5, 0.6) is 5.75 Å². The van der Waals surface area contributed by atoms with Crippen LogP contribution in [0.3, 0.4) is 0 Å². The first-order valence-electron chi connectivity index (χ1n) is 7.04. The molecule has 2 rings (SSSR count). The highest BCUT2D eigenvalue weighted by molar-refractivity contribution is 5.79. The van der Waals surface area contributed by atoms with Crippen LogP contribution in [0.15, 0.2) is 29.3 Å². The van der Waals surface area contributed by atoms with E-state index in [1.807, 2.05) is 19.2 Å². The van der Waals surface area contributed by atoms with E-state index in [4.69, 9.17) is 4.74 Å². The van der Waals surface area contributed by atoms with Crippen LogP contribution in [-0.4, -0.2) is 46.8 Å². The zero-order valence-electron chi connectivity index (χ0n) is 12.5. The zero-order valence-corrected chi connectivity index (χ0v) is 12.5. The van der Waals surface area contributed by atoms with E-state index < -0.39 is 0 Å². The summed E-state index contributed by atoms with van der Waals surface area (Å²) in [6.07, 6.45) is 1.20. The van der Waals surface area contributed by atoms with Gasteiger partial charge in [0.25, 0.3) is 0 Å². The Kier molecular flexibility index (Phi) is 5.09. The Labute approximate surface area is 121 Å². The van der Waals surface area contributed by atoms with Gasteiger partial charge in [-0.3, -0.25) is 4.99 Å². The largest absolute Gasteiger partial charge is 0.497 e. The van der Waals surface area contributed by atoms with Gasteiger partial charge in [-0.2, -0.15) is 0 Å². The Balaban J connectivity index is 1.88. The van der Waals surface area contributed by atoms with Crippen molar-refractivity contribution in [1.29, 1.82) is 0 Å². The number of nitrogens with one attached hydrogen (secondary N) is 2. The minimum atomic E-state index is 0.645. The Morgan fingerprint density at radius 2 is 2.35 bits per heavy atom. The van der Waals surface area contributed by atoms with Gasteiger partial charge >= 0.3 is 0 Å². The van der Waals surface area contributed by atoms with Crippen LogP contribution < -0.4 is 20.3 Å². The van der Waals surface area contributed by atoms with E-state index in [2.05, 4.69) is 32.7 Å². The SMILES string of the molecule is CN=C(NC)NCC1CCN(c2cccc(OC)c2)C1. The number of guanidine groups is 1. The smallest absolute Gasteiger partial charge is 0.190 e. The summed E-state index contributed by atoms with van der Waals surface area (Å²) in [7, 11) is 5.38. The van der Waals surface area contributed by atoms with Gasteiger partial charge in [0, 0.05) is 45.5 Å². The molecule has 20 heavy (non-hydrogen) atoms. The number of rotatable bonds is 4. The number of hydrogen-bond donors (Lipinski definition) is 2. The van der Waals surface area contributed by atoms with Crippen molar-refractivity contribution in [3.8, 4) is 5.75 Å². The molecule has 0 radical (unpaired) electrons. The van der Waals surface area contributed by atoms with Gasteiger partial charge in [-0.1, -0.05) is 6.07 Å². The lowest BCUT2D eigenvalue weighted by Crippen LogP contribution is -2.38. The van der Waals surface area contributed by atoms with Gasteiger partial charge in [0.1, 0.15) is 5.75 Å². The summed E-state index contributed by atoms with van der Waals surface area (Å²) in [5.74, 6) is 2.41. The molecule has 1 heterocycles. The molecule has 1 unspecified atom stereocenters. The minimum Gasteiger partial charge on any atom is -0.497 e. The lowest BCUT2D eigenvalue weighted by Gasteiger charge is -2.19. The van der Waals surface area contributed by atoms with Crippen molar-refractivity contribution in [3.05, 3.63) is 24.3 Å². The molecule has 0 aliphatic carbocycles. The quantitative estimate of drug-likeness (QED) is 0.643. The molecule has 0 spiro atoms. The van der Waals surface area contributed by atoms with E-state index in [-0.39, 0.29) is 0 Å². The maximum absolute atomic E-state index is 5.29. The summed E-state index contributed by atoms with van der Waals surface area (Å²) in [5.41, 5.74) is 1.24. The number of ether oxygens (including phenoxy) is 1. The van der Waals surface area contributed by atoms with Gasteiger partial charge < -0.3 is 20.3 Å². The number of hydrogen-bond acceptors (Lipinski definition) is 3. The summed E-state index contributed by atoms with van der Waals surface area (Å²) < 4.78 is 5.29. The van der Waals surface area contributed by atoms with E-state index in [9.17, 15) is 0 Å². The molecule has 5 heteroatoms. The highest BCUT2D eigenvalue weighted by atomic mass is 16.5. The number of aliphatic imine (C=N–C) groups is 1. The van der Waals surface area contributed by atoms with Crippen molar-refractivity contribution >= 4 is 11.6 Å². The number of methoxy groups -OCH3 is 1. The van der Waals surface area contributed by atoms with Crippen molar-refractivity contribution < 1.29 is 4.74 Å². The van der Waals surface area contributed by atoms with Crippen molar-refractivity contribution in [2.24, 2.45) is 10.9 Å². The van der Waals surface area contributed by atoms with Crippen LogP contribution >= 0.6 is 0 Å². The summed E-state index contributed by atoms with van der Waals surface area (Å²) in [5, 5.41) is 6.39. The molecule has 1 aromatic carbocycles. The molecule has 1 aliphatic rings. The summed E-state index contributed by atoms with van der Waals surface area (Å²) in [6, 6.07) is 8.27. The number of benzene rings is 1. The molecular weight excluding hydrogens is 252 g/mol. The van der Waals surface area contributed by atoms with Gasteiger partial charge in [0.05, 0.1) is 7.11 Å². The van der Waals surface area contributed by atoms with E-state index in [0.717, 1.165) is 31.3 Å². The van der Waals surface area contributed by atoms with Crippen molar-refractivity contribution in [1.82, 2.24) is 10.6 Å². The average molecular weight is 276 g/mol. The minimum absolute atomic E-state index is 0.645. The standard InChI is InChI=1S/C15H24N4O/c1-16-15(17-2)18-10-12-7-8-19(11-12)13-5-4-6-14(9-13)20-3/h4-6,9,12H,7-8,10-11H2,1-3H3,(H2,16,17,18). The average Bonchev–Trinajstić information content (AvgIpc) is 2.97. The molecular formula is C15H24N4O. The van der Waals surface area contributed by atoms with Crippen LogP contribution in [0.1, 0.15) is 6.42 Å². The number of nitrogens with zero attached hydrogens (tertiary/aromatic N) is 2. The third-order valence-corrected chi connectivity index (χ3v) is 3.72. The van der Waals surface area contributed by atoms with Gasteiger partial charge in [-0.15, -0.1) is 0 Å². The second-order valence-corrected chi connectivity index (χ2v) is 5.01. The monoisotopic (exact) mass is 276 g/mol. The van der Waals surface area contributed by atoms with Crippen LogP contribution in [0.25, 0.3) is 0 Å². The first-order valence-corrected chi connectivity index (χ1v) is 7.04.